The summed E-state index contributed by atoms with van der Waals surface area (Å²) in [5, 5.41) is 2.72. The van der Waals surface area contributed by atoms with Crippen LogP contribution in [0.1, 0.15) is 35.2 Å². The minimum absolute atomic E-state index is 0.0124. The van der Waals surface area contributed by atoms with Crippen molar-refractivity contribution in [2.75, 3.05) is 40.6 Å². The van der Waals surface area contributed by atoms with Gasteiger partial charge in [0.05, 0.1) is 20.8 Å². The van der Waals surface area contributed by atoms with Gasteiger partial charge in [-0.25, -0.2) is 0 Å². The van der Waals surface area contributed by atoms with Crippen molar-refractivity contribution in [2.45, 2.75) is 25.7 Å². The van der Waals surface area contributed by atoms with Crippen molar-refractivity contribution in [3.63, 3.8) is 0 Å². The molecule has 0 atom stereocenters. The van der Waals surface area contributed by atoms with Crippen LogP contribution in [0.25, 0.3) is 0 Å². The molecule has 8 nitrogen and oxygen atoms in total. The summed E-state index contributed by atoms with van der Waals surface area (Å²) in [7, 11) is 3.31. The number of benzene rings is 2. The minimum Gasteiger partial charge on any atom is -0.497 e. The largest absolute Gasteiger partial charge is 0.497 e. The molecule has 0 spiro atoms. The lowest BCUT2D eigenvalue weighted by Crippen LogP contribution is -2.44. The third-order valence-corrected chi connectivity index (χ3v) is 6.25. The number of methoxy groups -OCH3 is 2. The summed E-state index contributed by atoms with van der Waals surface area (Å²) in [5.74, 6) is 2.97. The lowest BCUT2D eigenvalue weighted by Gasteiger charge is -2.32. The molecule has 8 heteroatoms. The molecule has 4 rings (SSSR count). The van der Waals surface area contributed by atoms with Gasteiger partial charge in [-0.3, -0.25) is 9.59 Å². The standard InChI is InChI=1S/C25H30N2O6/c1-30-20-11-18(12-21(14-20)31-2)4-3-17-7-9-27(10-8-17)24(28)15-26-25(29)19-5-6-22-23(13-19)33-16-32-22/h5-6,11-14,17H,3-4,7-10,15-16H2,1-2H3,(H,26,29). The number of carbonyl (C=O) groups is 2. The average molecular weight is 455 g/mol. The highest BCUT2D eigenvalue weighted by Crippen LogP contribution is 2.32. The number of carbonyl (C=O) groups excluding carboxylic acids is 2. The lowest BCUT2D eigenvalue weighted by molar-refractivity contribution is -0.131. The lowest BCUT2D eigenvalue weighted by atomic mass is 9.90. The number of rotatable bonds is 8. The number of fused-ring (bicyclic) bond motifs is 1. The van der Waals surface area contributed by atoms with Gasteiger partial charge < -0.3 is 29.2 Å². The number of aryl methyl sites for hydroxylation is 1. The maximum absolute atomic E-state index is 12.6. The Morgan fingerprint density at radius 1 is 1.00 bits per heavy atom. The summed E-state index contributed by atoms with van der Waals surface area (Å²) >= 11 is 0. The summed E-state index contributed by atoms with van der Waals surface area (Å²) in [4.78, 5) is 26.8. The molecular formula is C25H30N2O6. The summed E-state index contributed by atoms with van der Waals surface area (Å²) in [6.07, 6.45) is 3.92. The normalized spacial score (nSPS) is 15.3. The van der Waals surface area contributed by atoms with Gasteiger partial charge in [-0.05, 0) is 67.5 Å². The van der Waals surface area contributed by atoms with E-state index < -0.39 is 0 Å². The van der Waals surface area contributed by atoms with Crippen LogP contribution < -0.4 is 24.3 Å². The molecule has 176 valence electrons. The van der Waals surface area contributed by atoms with E-state index in [0.29, 0.717) is 36.1 Å². The molecule has 2 aliphatic rings. The Morgan fingerprint density at radius 3 is 2.39 bits per heavy atom. The van der Waals surface area contributed by atoms with Crippen LogP contribution in [0.15, 0.2) is 36.4 Å². The maximum Gasteiger partial charge on any atom is 0.251 e. The van der Waals surface area contributed by atoms with Gasteiger partial charge in [0.25, 0.3) is 5.91 Å². The van der Waals surface area contributed by atoms with E-state index in [9.17, 15) is 9.59 Å². The Kier molecular flexibility index (Phi) is 7.22. The predicted octanol–water partition coefficient (Wildman–Crippen LogP) is 3.03. The molecule has 0 aromatic heterocycles. The van der Waals surface area contributed by atoms with Gasteiger partial charge in [-0.15, -0.1) is 0 Å². The molecule has 0 radical (unpaired) electrons. The van der Waals surface area contributed by atoms with Gasteiger partial charge in [-0.2, -0.15) is 0 Å². The molecular weight excluding hydrogens is 424 g/mol. The van der Waals surface area contributed by atoms with Crippen molar-refractivity contribution in [3.05, 3.63) is 47.5 Å². The van der Waals surface area contributed by atoms with Crippen molar-refractivity contribution in [1.82, 2.24) is 10.2 Å². The number of nitrogens with zero attached hydrogens (tertiary/aromatic N) is 1. The Bertz CT molecular complexity index is 978. The first-order chi connectivity index (χ1) is 16.1. The Hall–Kier alpha value is -3.42. The number of amides is 2. The number of hydrogen-bond donors (Lipinski definition) is 1. The molecule has 1 saturated heterocycles. The summed E-state index contributed by atoms with van der Waals surface area (Å²) < 4.78 is 21.3. The minimum atomic E-state index is -0.301. The molecule has 2 heterocycles. The monoisotopic (exact) mass is 454 g/mol. The molecule has 2 amide bonds. The SMILES string of the molecule is COc1cc(CCC2CCN(C(=O)CNC(=O)c3ccc4c(c3)OCO4)CC2)cc(OC)c1. The first kappa shape index (κ1) is 22.8. The van der Waals surface area contributed by atoms with Crippen molar-refractivity contribution < 1.29 is 28.5 Å². The number of ether oxygens (including phenoxy) is 4. The number of likely N-dealkylation sites (tertiary alicyclic amines) is 1. The number of nitrogens with one attached hydrogen (secondary N) is 1. The van der Waals surface area contributed by atoms with Crippen molar-refractivity contribution in [2.24, 2.45) is 5.92 Å². The van der Waals surface area contributed by atoms with Gasteiger partial charge in [0.15, 0.2) is 11.5 Å². The highest BCUT2D eigenvalue weighted by Gasteiger charge is 2.23. The second kappa shape index (κ2) is 10.5. The number of hydrogen-bond acceptors (Lipinski definition) is 6. The van der Waals surface area contributed by atoms with Gasteiger partial charge in [-0.1, -0.05) is 0 Å². The van der Waals surface area contributed by atoms with Crippen LogP contribution in [0.3, 0.4) is 0 Å². The molecule has 0 saturated carbocycles. The molecule has 2 aromatic rings. The quantitative estimate of drug-likeness (QED) is 0.660. The summed E-state index contributed by atoms with van der Waals surface area (Å²) in [5.41, 5.74) is 1.64. The smallest absolute Gasteiger partial charge is 0.251 e. The molecule has 2 aliphatic heterocycles. The topological polar surface area (TPSA) is 86.3 Å². The van der Waals surface area contributed by atoms with Crippen molar-refractivity contribution >= 4 is 11.8 Å². The molecule has 1 N–H and O–H groups in total. The summed E-state index contributed by atoms with van der Waals surface area (Å²) in [6.45, 7) is 1.57. The fourth-order valence-corrected chi connectivity index (χ4v) is 4.26. The molecule has 1 fully saturated rings. The van der Waals surface area contributed by atoms with Crippen LogP contribution in [-0.2, 0) is 11.2 Å². The van der Waals surface area contributed by atoms with Crippen molar-refractivity contribution in [1.29, 1.82) is 0 Å². The van der Waals surface area contributed by atoms with E-state index in [1.807, 2.05) is 23.1 Å². The van der Waals surface area contributed by atoms with Crippen LogP contribution >= 0.6 is 0 Å². The van der Waals surface area contributed by atoms with Gasteiger partial charge in [0, 0.05) is 24.7 Å². The van der Waals surface area contributed by atoms with Gasteiger partial charge in [0.2, 0.25) is 12.7 Å². The third-order valence-electron chi connectivity index (χ3n) is 6.25. The van der Waals surface area contributed by atoms with Crippen molar-refractivity contribution in [3.8, 4) is 23.0 Å². The maximum atomic E-state index is 12.6. The molecule has 0 aliphatic carbocycles. The zero-order chi connectivity index (χ0) is 23.2. The molecule has 0 bridgehead atoms. The molecule has 33 heavy (non-hydrogen) atoms. The van der Waals surface area contributed by atoms with E-state index >= 15 is 0 Å². The van der Waals surface area contributed by atoms with Crippen LogP contribution in [0.2, 0.25) is 0 Å². The first-order valence-corrected chi connectivity index (χ1v) is 11.2. The fourth-order valence-electron chi connectivity index (χ4n) is 4.26. The zero-order valence-electron chi connectivity index (χ0n) is 19.1. The zero-order valence-corrected chi connectivity index (χ0v) is 19.1. The number of piperidine rings is 1. The van der Waals surface area contributed by atoms with E-state index in [4.69, 9.17) is 18.9 Å². The fraction of sp³-hybridized carbons (Fsp3) is 0.440. The van der Waals surface area contributed by atoms with Crippen LogP contribution in [0, 0.1) is 5.92 Å². The predicted molar refractivity (Wildman–Crippen MR) is 122 cm³/mol. The highest BCUT2D eigenvalue weighted by molar-refractivity contribution is 5.97. The van der Waals surface area contributed by atoms with Gasteiger partial charge in [0.1, 0.15) is 11.5 Å². The second-order valence-electron chi connectivity index (χ2n) is 8.33. The van der Waals surface area contributed by atoms with E-state index in [0.717, 1.165) is 37.2 Å². The molecule has 0 unspecified atom stereocenters. The Balaban J connectivity index is 1.20. The van der Waals surface area contributed by atoms with Crippen LogP contribution in [0.5, 0.6) is 23.0 Å². The van der Waals surface area contributed by atoms with E-state index in [2.05, 4.69) is 5.32 Å². The van der Waals surface area contributed by atoms with Gasteiger partial charge >= 0.3 is 0 Å². The van der Waals surface area contributed by atoms with E-state index in [-0.39, 0.29) is 25.2 Å². The average Bonchev–Trinajstić information content (AvgIpc) is 3.34. The van der Waals surface area contributed by atoms with Crippen LogP contribution in [-0.4, -0.2) is 57.4 Å². The third kappa shape index (κ3) is 5.69. The Labute approximate surface area is 193 Å². The van der Waals surface area contributed by atoms with E-state index in [1.165, 1.54) is 5.56 Å². The highest BCUT2D eigenvalue weighted by atomic mass is 16.7. The summed E-state index contributed by atoms with van der Waals surface area (Å²) in [6, 6.07) is 11.0. The molecule has 2 aromatic carbocycles. The van der Waals surface area contributed by atoms with E-state index in [1.54, 1.807) is 32.4 Å². The first-order valence-electron chi connectivity index (χ1n) is 11.2. The van der Waals surface area contributed by atoms with Crippen LogP contribution in [0.4, 0.5) is 0 Å². The second-order valence-corrected chi connectivity index (χ2v) is 8.33. The Morgan fingerprint density at radius 2 is 1.70 bits per heavy atom.